The first-order valence-corrected chi connectivity index (χ1v) is 4.99. The van der Waals surface area contributed by atoms with E-state index in [4.69, 9.17) is 0 Å². The van der Waals surface area contributed by atoms with E-state index in [1.807, 2.05) is 20.8 Å². The number of allylic oxidation sites excluding steroid dienone is 1. The predicted octanol–water partition coefficient (Wildman–Crippen LogP) is 2.05. The molecule has 0 aromatic carbocycles. The highest BCUT2D eigenvalue weighted by atomic mass is 16.1. The highest BCUT2D eigenvalue weighted by Gasteiger charge is 2.32. The lowest BCUT2D eigenvalue weighted by atomic mass is 9.86. The lowest BCUT2D eigenvalue weighted by Crippen LogP contribution is -2.51. The van der Waals surface area contributed by atoms with Crippen LogP contribution < -0.4 is 5.32 Å². The molecule has 0 aromatic rings. The van der Waals surface area contributed by atoms with Crippen LogP contribution in [0.1, 0.15) is 40.0 Å². The number of hydrogen-bond acceptors (Lipinski definition) is 2. The van der Waals surface area contributed by atoms with Crippen molar-refractivity contribution >= 4 is 5.78 Å². The molecule has 1 unspecified atom stereocenters. The minimum absolute atomic E-state index is 0.229. The van der Waals surface area contributed by atoms with Crippen LogP contribution >= 0.6 is 0 Å². The molecule has 1 aliphatic heterocycles. The number of nitrogens with one attached hydrogen (secondary N) is 1. The Morgan fingerprint density at radius 3 is 2.54 bits per heavy atom. The number of rotatable bonds is 2. The number of carbonyl (C=O) groups excluding carboxylic acids is 1. The van der Waals surface area contributed by atoms with Crippen LogP contribution in [-0.4, -0.2) is 17.9 Å². The maximum Gasteiger partial charge on any atom is 0.175 e. The zero-order valence-corrected chi connectivity index (χ0v) is 8.81. The zero-order valence-electron chi connectivity index (χ0n) is 8.81. The van der Waals surface area contributed by atoms with Gasteiger partial charge in [-0.2, -0.15) is 0 Å². The molecule has 1 rings (SSSR count). The molecule has 0 saturated carbocycles. The second-order valence-electron chi connectivity index (χ2n) is 4.30. The van der Waals surface area contributed by atoms with Gasteiger partial charge in [0.1, 0.15) is 0 Å². The van der Waals surface area contributed by atoms with Gasteiger partial charge in [0.05, 0.1) is 5.54 Å². The summed E-state index contributed by atoms with van der Waals surface area (Å²) in [6.07, 6.45) is 5.07. The van der Waals surface area contributed by atoms with Crippen molar-refractivity contribution in [2.75, 3.05) is 6.54 Å². The standard InChI is InChI=1S/C11H19NO/c1-9(2)8-10(13)11(3)6-4-5-7-12-11/h8,12H,4-7H2,1-3H3. The summed E-state index contributed by atoms with van der Waals surface area (Å²) in [5, 5.41) is 3.31. The average molecular weight is 181 g/mol. The van der Waals surface area contributed by atoms with Crippen molar-refractivity contribution < 1.29 is 4.79 Å². The molecule has 1 fully saturated rings. The Kier molecular flexibility index (Phi) is 3.26. The van der Waals surface area contributed by atoms with Crippen LogP contribution in [0.5, 0.6) is 0 Å². The monoisotopic (exact) mass is 181 g/mol. The van der Waals surface area contributed by atoms with E-state index >= 15 is 0 Å². The number of carbonyl (C=O) groups is 1. The third-order valence-electron chi connectivity index (χ3n) is 2.58. The summed E-state index contributed by atoms with van der Waals surface area (Å²) in [6.45, 7) is 6.90. The minimum Gasteiger partial charge on any atom is -0.305 e. The van der Waals surface area contributed by atoms with Crippen molar-refractivity contribution in [3.05, 3.63) is 11.6 Å². The highest BCUT2D eigenvalue weighted by Crippen LogP contribution is 2.20. The number of hydrogen-bond donors (Lipinski definition) is 1. The Morgan fingerprint density at radius 1 is 1.38 bits per heavy atom. The first kappa shape index (κ1) is 10.5. The molecular weight excluding hydrogens is 162 g/mol. The fourth-order valence-corrected chi connectivity index (χ4v) is 1.69. The van der Waals surface area contributed by atoms with E-state index in [2.05, 4.69) is 5.32 Å². The van der Waals surface area contributed by atoms with Gasteiger partial charge in [-0.3, -0.25) is 4.79 Å². The Hall–Kier alpha value is -0.630. The Labute approximate surface area is 80.4 Å². The van der Waals surface area contributed by atoms with E-state index in [1.165, 1.54) is 6.42 Å². The first-order valence-electron chi connectivity index (χ1n) is 4.99. The van der Waals surface area contributed by atoms with Gasteiger partial charge in [0.25, 0.3) is 0 Å². The van der Waals surface area contributed by atoms with Crippen molar-refractivity contribution in [3.63, 3.8) is 0 Å². The van der Waals surface area contributed by atoms with Gasteiger partial charge in [0, 0.05) is 0 Å². The predicted molar refractivity (Wildman–Crippen MR) is 54.7 cm³/mol. The minimum atomic E-state index is -0.296. The lowest BCUT2D eigenvalue weighted by molar-refractivity contribution is -0.120. The van der Waals surface area contributed by atoms with Crippen molar-refractivity contribution in [2.45, 2.75) is 45.6 Å². The van der Waals surface area contributed by atoms with E-state index in [1.54, 1.807) is 6.08 Å². The summed E-state index contributed by atoms with van der Waals surface area (Å²) in [4.78, 5) is 11.8. The van der Waals surface area contributed by atoms with Gasteiger partial charge in [-0.1, -0.05) is 5.57 Å². The fourth-order valence-electron chi connectivity index (χ4n) is 1.69. The van der Waals surface area contributed by atoms with Crippen molar-refractivity contribution in [1.82, 2.24) is 5.32 Å². The van der Waals surface area contributed by atoms with Gasteiger partial charge in [-0.15, -0.1) is 0 Å². The summed E-state index contributed by atoms with van der Waals surface area (Å²) >= 11 is 0. The van der Waals surface area contributed by atoms with Crippen LogP contribution in [0, 0.1) is 0 Å². The molecule has 0 bridgehead atoms. The normalized spacial score (nSPS) is 28.2. The lowest BCUT2D eigenvalue weighted by Gasteiger charge is -2.32. The molecule has 2 nitrogen and oxygen atoms in total. The Balaban J connectivity index is 2.67. The topological polar surface area (TPSA) is 29.1 Å². The molecule has 0 radical (unpaired) electrons. The molecule has 1 atom stereocenters. The van der Waals surface area contributed by atoms with E-state index in [0.29, 0.717) is 0 Å². The number of piperidine rings is 1. The quantitative estimate of drug-likeness (QED) is 0.661. The van der Waals surface area contributed by atoms with E-state index in [9.17, 15) is 4.79 Å². The molecule has 74 valence electrons. The van der Waals surface area contributed by atoms with Crippen LogP contribution in [0.25, 0.3) is 0 Å². The Bertz CT molecular complexity index is 220. The molecule has 13 heavy (non-hydrogen) atoms. The van der Waals surface area contributed by atoms with Crippen LogP contribution in [0.2, 0.25) is 0 Å². The summed E-state index contributed by atoms with van der Waals surface area (Å²) in [6, 6.07) is 0. The van der Waals surface area contributed by atoms with E-state index in [-0.39, 0.29) is 11.3 Å². The highest BCUT2D eigenvalue weighted by molar-refractivity contribution is 5.98. The largest absolute Gasteiger partial charge is 0.305 e. The van der Waals surface area contributed by atoms with Crippen LogP contribution in [0.4, 0.5) is 0 Å². The SMILES string of the molecule is CC(C)=CC(=O)C1(C)CCCCN1. The van der Waals surface area contributed by atoms with Gasteiger partial charge < -0.3 is 5.32 Å². The molecule has 0 amide bonds. The molecule has 0 aromatic heterocycles. The van der Waals surface area contributed by atoms with Crippen molar-refractivity contribution in [3.8, 4) is 0 Å². The molecule has 1 aliphatic rings. The molecule has 1 heterocycles. The molecule has 2 heteroatoms. The van der Waals surface area contributed by atoms with Gasteiger partial charge >= 0.3 is 0 Å². The van der Waals surface area contributed by atoms with Crippen LogP contribution in [-0.2, 0) is 4.79 Å². The third kappa shape index (κ3) is 2.66. The smallest absolute Gasteiger partial charge is 0.175 e. The van der Waals surface area contributed by atoms with Crippen molar-refractivity contribution in [1.29, 1.82) is 0 Å². The van der Waals surface area contributed by atoms with Gasteiger partial charge in [-0.05, 0) is 52.7 Å². The molecule has 1 N–H and O–H groups in total. The Morgan fingerprint density at radius 2 is 2.08 bits per heavy atom. The zero-order chi connectivity index (χ0) is 9.90. The average Bonchev–Trinajstić information content (AvgIpc) is 2.04. The van der Waals surface area contributed by atoms with Gasteiger partial charge in [0.15, 0.2) is 5.78 Å². The molecular formula is C11H19NO. The maximum atomic E-state index is 11.8. The second kappa shape index (κ2) is 4.05. The second-order valence-corrected chi connectivity index (χ2v) is 4.30. The summed E-state index contributed by atoms with van der Waals surface area (Å²) in [7, 11) is 0. The van der Waals surface area contributed by atoms with E-state index in [0.717, 1.165) is 25.0 Å². The first-order chi connectivity index (χ1) is 6.04. The summed E-state index contributed by atoms with van der Waals surface area (Å²) in [5.41, 5.74) is 0.786. The third-order valence-corrected chi connectivity index (χ3v) is 2.58. The molecule has 0 aliphatic carbocycles. The maximum absolute atomic E-state index is 11.8. The molecule has 0 spiro atoms. The number of ketones is 1. The van der Waals surface area contributed by atoms with E-state index < -0.39 is 0 Å². The summed E-state index contributed by atoms with van der Waals surface area (Å²) < 4.78 is 0. The van der Waals surface area contributed by atoms with Crippen LogP contribution in [0.3, 0.4) is 0 Å². The molecule has 1 saturated heterocycles. The fraction of sp³-hybridized carbons (Fsp3) is 0.727. The van der Waals surface area contributed by atoms with Gasteiger partial charge in [0.2, 0.25) is 0 Å². The summed E-state index contributed by atoms with van der Waals surface area (Å²) in [5.74, 6) is 0.229. The van der Waals surface area contributed by atoms with Crippen molar-refractivity contribution in [2.24, 2.45) is 0 Å². The van der Waals surface area contributed by atoms with Crippen LogP contribution in [0.15, 0.2) is 11.6 Å². The van der Waals surface area contributed by atoms with Gasteiger partial charge in [-0.25, -0.2) is 0 Å².